The van der Waals surface area contributed by atoms with Crippen molar-refractivity contribution >= 4 is 34.4 Å². The number of hydrogen-bond acceptors (Lipinski definition) is 4. The Labute approximate surface area is 168 Å². The van der Waals surface area contributed by atoms with Gasteiger partial charge >= 0.3 is 5.97 Å². The van der Waals surface area contributed by atoms with E-state index in [9.17, 15) is 9.59 Å². The van der Waals surface area contributed by atoms with Crippen LogP contribution in [0, 0.1) is 13.8 Å². The molecule has 0 bridgehead atoms. The lowest BCUT2D eigenvalue weighted by molar-refractivity contribution is -0.141. The molecule has 144 valence electrons. The highest BCUT2D eigenvalue weighted by Gasteiger charge is 2.23. The quantitative estimate of drug-likeness (QED) is 0.643. The molecule has 5 nitrogen and oxygen atoms in total. The van der Waals surface area contributed by atoms with Gasteiger partial charge in [-0.15, -0.1) is 0 Å². The van der Waals surface area contributed by atoms with Crippen molar-refractivity contribution in [3.05, 3.63) is 75.9 Å². The summed E-state index contributed by atoms with van der Waals surface area (Å²) >= 11 is 6.29. The van der Waals surface area contributed by atoms with Crippen molar-refractivity contribution in [2.24, 2.45) is 0 Å². The molecular formula is C22H21ClN2O3. The molecule has 1 heterocycles. The number of methoxy groups -OCH3 is 1. The minimum atomic E-state index is -0.610. The van der Waals surface area contributed by atoms with Gasteiger partial charge in [0.1, 0.15) is 0 Å². The third kappa shape index (κ3) is 4.31. The molecule has 0 fully saturated rings. The van der Waals surface area contributed by atoms with Crippen LogP contribution in [0.4, 0.5) is 0 Å². The van der Waals surface area contributed by atoms with Crippen LogP contribution in [0.2, 0.25) is 5.02 Å². The number of nitrogens with zero attached hydrogens (tertiary/aromatic N) is 1. The van der Waals surface area contributed by atoms with Gasteiger partial charge in [0.25, 0.3) is 5.91 Å². The summed E-state index contributed by atoms with van der Waals surface area (Å²) in [5.74, 6) is -0.753. The number of aromatic nitrogens is 1. The van der Waals surface area contributed by atoms with E-state index in [2.05, 4.69) is 10.3 Å². The number of halogens is 1. The van der Waals surface area contributed by atoms with Gasteiger partial charge in [-0.25, -0.2) is 0 Å². The maximum atomic E-state index is 13.0. The molecule has 0 spiro atoms. The summed E-state index contributed by atoms with van der Waals surface area (Å²) in [6.45, 7) is 3.78. The van der Waals surface area contributed by atoms with Crippen LogP contribution in [0.25, 0.3) is 10.9 Å². The highest BCUT2D eigenvalue weighted by atomic mass is 35.5. The van der Waals surface area contributed by atoms with Crippen molar-refractivity contribution in [1.82, 2.24) is 10.3 Å². The molecule has 3 rings (SSSR count). The van der Waals surface area contributed by atoms with Crippen LogP contribution in [0.15, 0.2) is 48.5 Å². The number of esters is 1. The molecule has 1 amide bonds. The average molecular weight is 397 g/mol. The molecule has 1 aromatic heterocycles. The number of pyridine rings is 1. The topological polar surface area (TPSA) is 68.3 Å². The Bertz CT molecular complexity index is 1050. The molecule has 2 aromatic carbocycles. The lowest BCUT2D eigenvalue weighted by Gasteiger charge is -2.20. The smallest absolute Gasteiger partial charge is 0.307 e. The number of carbonyl (C=O) groups is 2. The molecular weight excluding hydrogens is 376 g/mol. The van der Waals surface area contributed by atoms with Crippen LogP contribution in [0.1, 0.15) is 39.6 Å². The molecule has 0 aliphatic carbocycles. The van der Waals surface area contributed by atoms with Gasteiger partial charge in [0.2, 0.25) is 0 Å². The molecule has 1 atom stereocenters. The maximum absolute atomic E-state index is 13.0. The number of rotatable bonds is 5. The van der Waals surface area contributed by atoms with Gasteiger partial charge in [-0.05, 0) is 43.7 Å². The van der Waals surface area contributed by atoms with Crippen molar-refractivity contribution in [3.8, 4) is 0 Å². The van der Waals surface area contributed by atoms with E-state index in [1.165, 1.54) is 7.11 Å². The number of ether oxygens (including phenoxy) is 1. The number of fused-ring (bicyclic) bond motifs is 1. The second-order valence-electron chi connectivity index (χ2n) is 6.65. The lowest BCUT2D eigenvalue weighted by Crippen LogP contribution is -2.31. The predicted octanol–water partition coefficient (Wildman–Crippen LogP) is 4.54. The van der Waals surface area contributed by atoms with Gasteiger partial charge < -0.3 is 10.1 Å². The Hall–Kier alpha value is -2.92. The molecule has 0 radical (unpaired) electrons. The highest BCUT2D eigenvalue weighted by molar-refractivity contribution is 6.31. The summed E-state index contributed by atoms with van der Waals surface area (Å²) in [5, 5.41) is 4.27. The Balaban J connectivity index is 1.95. The summed E-state index contributed by atoms with van der Waals surface area (Å²) in [5.41, 5.74) is 3.65. The fraction of sp³-hybridized carbons (Fsp3) is 0.227. The largest absolute Gasteiger partial charge is 0.469 e. The van der Waals surface area contributed by atoms with E-state index in [0.29, 0.717) is 21.8 Å². The first kappa shape index (κ1) is 19.8. The maximum Gasteiger partial charge on any atom is 0.307 e. The van der Waals surface area contributed by atoms with Gasteiger partial charge in [0, 0.05) is 10.4 Å². The van der Waals surface area contributed by atoms with Crippen molar-refractivity contribution in [3.63, 3.8) is 0 Å². The summed E-state index contributed by atoms with van der Waals surface area (Å²) in [4.78, 5) is 29.4. The first-order chi connectivity index (χ1) is 13.4. The molecule has 0 aliphatic heterocycles. The van der Waals surface area contributed by atoms with Crippen LogP contribution >= 0.6 is 11.6 Å². The van der Waals surface area contributed by atoms with Crippen molar-refractivity contribution < 1.29 is 14.3 Å². The Morgan fingerprint density at radius 1 is 1.14 bits per heavy atom. The zero-order valence-electron chi connectivity index (χ0n) is 16.0. The normalized spacial score (nSPS) is 11.9. The fourth-order valence-corrected chi connectivity index (χ4v) is 3.37. The van der Waals surface area contributed by atoms with E-state index >= 15 is 0 Å². The summed E-state index contributed by atoms with van der Waals surface area (Å²) < 4.78 is 4.78. The van der Waals surface area contributed by atoms with Crippen molar-refractivity contribution in [1.29, 1.82) is 0 Å². The number of hydrogen-bond donors (Lipinski definition) is 1. The monoisotopic (exact) mass is 396 g/mol. The minimum absolute atomic E-state index is 0.0227. The molecule has 0 saturated heterocycles. The fourth-order valence-electron chi connectivity index (χ4n) is 3.10. The van der Waals surface area contributed by atoms with Crippen LogP contribution in [0.3, 0.4) is 0 Å². The van der Waals surface area contributed by atoms with Crippen LogP contribution < -0.4 is 5.32 Å². The Morgan fingerprint density at radius 2 is 1.89 bits per heavy atom. The van der Waals surface area contributed by atoms with Gasteiger partial charge in [-0.2, -0.15) is 0 Å². The SMILES string of the molecule is COC(=O)CC(NC(=O)c1cc2cc(C)ccc2nc1C)c1ccccc1Cl. The van der Waals surface area contributed by atoms with Gasteiger partial charge in [0.05, 0.1) is 36.3 Å². The van der Waals surface area contributed by atoms with Gasteiger partial charge in [-0.1, -0.05) is 41.4 Å². The summed E-state index contributed by atoms with van der Waals surface area (Å²) in [6.07, 6.45) is -0.0227. The molecule has 28 heavy (non-hydrogen) atoms. The molecule has 1 N–H and O–H groups in total. The summed E-state index contributed by atoms with van der Waals surface area (Å²) in [7, 11) is 1.31. The van der Waals surface area contributed by atoms with E-state index in [0.717, 1.165) is 16.5 Å². The number of aryl methyl sites for hydroxylation is 2. The second-order valence-corrected chi connectivity index (χ2v) is 7.05. The highest BCUT2D eigenvalue weighted by Crippen LogP contribution is 2.26. The van der Waals surface area contributed by atoms with Crippen LogP contribution in [0.5, 0.6) is 0 Å². The molecule has 3 aromatic rings. The standard InChI is InChI=1S/C22H21ClN2O3/c1-13-8-9-19-15(10-13)11-17(14(2)24-19)22(27)25-20(12-21(26)28-3)16-6-4-5-7-18(16)23/h4-11,20H,12H2,1-3H3,(H,25,27). The Morgan fingerprint density at radius 3 is 2.61 bits per heavy atom. The van der Waals surface area contributed by atoms with Gasteiger partial charge in [-0.3, -0.25) is 14.6 Å². The third-order valence-corrected chi connectivity index (χ3v) is 4.93. The second kappa shape index (κ2) is 8.40. The van der Waals surface area contributed by atoms with Gasteiger partial charge in [0.15, 0.2) is 0 Å². The first-order valence-corrected chi connectivity index (χ1v) is 9.27. The molecule has 6 heteroatoms. The number of benzene rings is 2. The first-order valence-electron chi connectivity index (χ1n) is 8.89. The molecule has 1 unspecified atom stereocenters. The predicted molar refractivity (Wildman–Crippen MR) is 110 cm³/mol. The minimum Gasteiger partial charge on any atom is -0.469 e. The van der Waals surface area contributed by atoms with E-state index in [4.69, 9.17) is 16.3 Å². The zero-order valence-corrected chi connectivity index (χ0v) is 16.7. The molecule has 0 aliphatic rings. The zero-order chi connectivity index (χ0) is 20.3. The van der Waals surface area contributed by atoms with Crippen LogP contribution in [-0.2, 0) is 9.53 Å². The van der Waals surface area contributed by atoms with Crippen LogP contribution in [-0.4, -0.2) is 24.0 Å². The van der Waals surface area contributed by atoms with E-state index in [-0.39, 0.29) is 12.3 Å². The van der Waals surface area contributed by atoms with E-state index < -0.39 is 12.0 Å². The number of amides is 1. The van der Waals surface area contributed by atoms with E-state index in [1.807, 2.05) is 37.3 Å². The van der Waals surface area contributed by atoms with E-state index in [1.54, 1.807) is 25.1 Å². The lowest BCUT2D eigenvalue weighted by atomic mass is 10.0. The molecule has 0 saturated carbocycles. The number of carbonyl (C=O) groups excluding carboxylic acids is 2. The van der Waals surface area contributed by atoms with Crippen molar-refractivity contribution in [2.45, 2.75) is 26.3 Å². The van der Waals surface area contributed by atoms with Crippen molar-refractivity contribution in [2.75, 3.05) is 7.11 Å². The third-order valence-electron chi connectivity index (χ3n) is 4.59. The number of nitrogens with one attached hydrogen (secondary N) is 1. The summed E-state index contributed by atoms with van der Waals surface area (Å²) in [6, 6.07) is 14.2. The average Bonchev–Trinajstić information content (AvgIpc) is 2.67. The Kier molecular flexibility index (Phi) is 5.95.